The fourth-order valence-electron chi connectivity index (χ4n) is 3.72. The molecule has 0 bridgehead atoms. The van der Waals surface area contributed by atoms with E-state index in [4.69, 9.17) is 9.47 Å². The summed E-state index contributed by atoms with van der Waals surface area (Å²) in [6, 6.07) is 33.3. The molecule has 0 aromatic heterocycles. The molecule has 4 nitrogen and oxygen atoms in total. The van der Waals surface area contributed by atoms with Gasteiger partial charge in [-0.1, -0.05) is 91.0 Å². The largest absolute Gasteiger partial charge is 0.493 e. The average Bonchev–Trinajstić information content (AvgIpc) is 2.91. The molecule has 0 atom stereocenters. The number of hydrogen-bond donors (Lipinski definition) is 1. The molecular formula is C30H26BrNO3. The zero-order valence-electron chi connectivity index (χ0n) is 19.4. The Hall–Kier alpha value is -3.83. The lowest BCUT2D eigenvalue weighted by Gasteiger charge is -2.19. The molecule has 5 heteroatoms. The van der Waals surface area contributed by atoms with Crippen molar-refractivity contribution in [2.75, 3.05) is 7.11 Å². The number of ether oxygens (including phenoxy) is 2. The molecule has 0 heterocycles. The smallest absolute Gasteiger partial charge is 0.244 e. The van der Waals surface area contributed by atoms with E-state index in [1.807, 2.05) is 103 Å². The minimum absolute atomic E-state index is 0.192. The maximum absolute atomic E-state index is 12.9. The van der Waals surface area contributed by atoms with E-state index in [0.29, 0.717) is 18.1 Å². The zero-order valence-corrected chi connectivity index (χ0v) is 20.9. The Kier molecular flexibility index (Phi) is 8.36. The average molecular weight is 528 g/mol. The third-order valence-electron chi connectivity index (χ3n) is 5.46. The lowest BCUT2D eigenvalue weighted by atomic mass is 9.98. The van der Waals surface area contributed by atoms with Gasteiger partial charge in [0.25, 0.3) is 0 Å². The second-order valence-corrected chi connectivity index (χ2v) is 8.76. The van der Waals surface area contributed by atoms with E-state index in [-0.39, 0.29) is 11.9 Å². The lowest BCUT2D eigenvalue weighted by molar-refractivity contribution is -0.116. The Labute approximate surface area is 214 Å². The number of carbonyl (C=O) groups is 1. The van der Waals surface area contributed by atoms with Gasteiger partial charge in [-0.3, -0.25) is 4.79 Å². The van der Waals surface area contributed by atoms with E-state index in [1.54, 1.807) is 13.2 Å². The zero-order chi connectivity index (χ0) is 24.5. The van der Waals surface area contributed by atoms with Crippen LogP contribution in [0.1, 0.15) is 28.3 Å². The topological polar surface area (TPSA) is 47.6 Å². The second kappa shape index (κ2) is 12.0. The highest BCUT2D eigenvalue weighted by Crippen LogP contribution is 2.37. The third kappa shape index (κ3) is 6.61. The molecule has 0 aliphatic carbocycles. The van der Waals surface area contributed by atoms with Crippen molar-refractivity contribution < 1.29 is 14.3 Å². The molecule has 4 aromatic carbocycles. The summed E-state index contributed by atoms with van der Waals surface area (Å²) in [5, 5.41) is 3.12. The summed E-state index contributed by atoms with van der Waals surface area (Å²) in [4.78, 5) is 12.9. The monoisotopic (exact) mass is 527 g/mol. The minimum Gasteiger partial charge on any atom is -0.493 e. The van der Waals surface area contributed by atoms with E-state index in [1.165, 1.54) is 6.08 Å². The highest BCUT2D eigenvalue weighted by molar-refractivity contribution is 9.10. The normalized spacial score (nSPS) is 10.9. The Balaban J connectivity index is 1.49. The highest BCUT2D eigenvalue weighted by Gasteiger charge is 2.16. The molecule has 0 saturated carbocycles. The predicted octanol–water partition coefficient (Wildman–Crippen LogP) is 6.96. The number of amides is 1. The number of rotatable bonds is 9. The van der Waals surface area contributed by atoms with Crippen molar-refractivity contribution in [3.8, 4) is 11.5 Å². The molecule has 176 valence electrons. The summed E-state index contributed by atoms with van der Waals surface area (Å²) in [6.45, 7) is 0.424. The first-order valence-corrected chi connectivity index (χ1v) is 12.1. The molecule has 0 aliphatic heterocycles. The molecule has 35 heavy (non-hydrogen) atoms. The van der Waals surface area contributed by atoms with Crippen LogP contribution in [0.5, 0.6) is 11.5 Å². The molecule has 1 amide bonds. The number of hydrogen-bond acceptors (Lipinski definition) is 3. The van der Waals surface area contributed by atoms with Crippen LogP contribution in [-0.2, 0) is 11.4 Å². The first kappa shape index (κ1) is 24.3. The van der Waals surface area contributed by atoms with Crippen LogP contribution < -0.4 is 14.8 Å². The maximum atomic E-state index is 12.9. The van der Waals surface area contributed by atoms with Gasteiger partial charge in [0.2, 0.25) is 5.91 Å². The lowest BCUT2D eigenvalue weighted by Crippen LogP contribution is -2.27. The van der Waals surface area contributed by atoms with Gasteiger partial charge in [-0.05, 0) is 56.4 Å². The number of nitrogens with one attached hydrogen (secondary N) is 1. The van der Waals surface area contributed by atoms with Gasteiger partial charge in [0.1, 0.15) is 6.61 Å². The minimum atomic E-state index is -0.246. The van der Waals surface area contributed by atoms with Crippen LogP contribution in [-0.4, -0.2) is 13.0 Å². The summed E-state index contributed by atoms with van der Waals surface area (Å²) in [5.74, 6) is 1.01. The Bertz CT molecular complexity index is 1240. The standard InChI is InChI=1S/C30H26BrNO3/c1-34-27-20-23(19-26(31)30(27)35-21-22-11-5-2-6-12-22)17-18-28(33)32-29(24-13-7-3-8-14-24)25-15-9-4-10-16-25/h2-20,29H,21H2,1H3,(H,32,33)/b18-17+. The summed E-state index contributed by atoms with van der Waals surface area (Å²) in [6.07, 6.45) is 3.29. The first-order valence-electron chi connectivity index (χ1n) is 11.3. The molecule has 0 unspecified atom stereocenters. The molecule has 0 aliphatic rings. The Morgan fingerprint density at radius 3 is 2.03 bits per heavy atom. The van der Waals surface area contributed by atoms with Crippen LogP contribution in [0.3, 0.4) is 0 Å². The number of methoxy groups -OCH3 is 1. The van der Waals surface area contributed by atoms with Gasteiger partial charge in [0.05, 0.1) is 17.6 Å². The third-order valence-corrected chi connectivity index (χ3v) is 6.05. The maximum Gasteiger partial charge on any atom is 0.244 e. The van der Waals surface area contributed by atoms with Crippen molar-refractivity contribution in [1.82, 2.24) is 5.32 Å². The number of benzene rings is 4. The van der Waals surface area contributed by atoms with E-state index >= 15 is 0 Å². The molecule has 1 N–H and O–H groups in total. The van der Waals surface area contributed by atoms with Crippen LogP contribution >= 0.6 is 15.9 Å². The number of halogens is 1. The van der Waals surface area contributed by atoms with E-state index in [9.17, 15) is 4.79 Å². The molecular weight excluding hydrogens is 502 g/mol. The Morgan fingerprint density at radius 2 is 1.46 bits per heavy atom. The van der Waals surface area contributed by atoms with E-state index < -0.39 is 0 Å². The van der Waals surface area contributed by atoms with Crippen molar-refractivity contribution in [3.63, 3.8) is 0 Å². The molecule has 4 rings (SSSR count). The van der Waals surface area contributed by atoms with Gasteiger partial charge in [-0.15, -0.1) is 0 Å². The predicted molar refractivity (Wildman–Crippen MR) is 143 cm³/mol. The van der Waals surface area contributed by atoms with Crippen molar-refractivity contribution in [3.05, 3.63) is 136 Å². The summed E-state index contributed by atoms with van der Waals surface area (Å²) >= 11 is 3.58. The summed E-state index contributed by atoms with van der Waals surface area (Å²) in [7, 11) is 1.60. The molecule has 0 fully saturated rings. The van der Waals surface area contributed by atoms with Crippen molar-refractivity contribution in [2.45, 2.75) is 12.6 Å². The summed E-state index contributed by atoms with van der Waals surface area (Å²) < 4.78 is 12.3. The van der Waals surface area contributed by atoms with Crippen molar-refractivity contribution in [1.29, 1.82) is 0 Å². The second-order valence-electron chi connectivity index (χ2n) is 7.90. The SMILES string of the molecule is COc1cc(/C=C/C(=O)NC(c2ccccc2)c2ccccc2)cc(Br)c1OCc1ccccc1. The van der Waals surface area contributed by atoms with Crippen LogP contribution in [0.15, 0.2) is 114 Å². The quantitative estimate of drug-likeness (QED) is 0.239. The molecule has 4 aromatic rings. The highest BCUT2D eigenvalue weighted by atomic mass is 79.9. The van der Waals surface area contributed by atoms with E-state index in [2.05, 4.69) is 21.2 Å². The van der Waals surface area contributed by atoms with Gasteiger partial charge >= 0.3 is 0 Å². The van der Waals surface area contributed by atoms with Crippen molar-refractivity contribution >= 4 is 27.9 Å². The summed E-state index contributed by atoms with van der Waals surface area (Å²) in [5.41, 5.74) is 3.91. The van der Waals surface area contributed by atoms with Crippen LogP contribution in [0.2, 0.25) is 0 Å². The van der Waals surface area contributed by atoms with Gasteiger partial charge in [0.15, 0.2) is 11.5 Å². The molecule has 0 saturated heterocycles. The molecule has 0 radical (unpaired) electrons. The molecule has 0 spiro atoms. The first-order chi connectivity index (χ1) is 17.1. The van der Waals surface area contributed by atoms with Crippen LogP contribution in [0.4, 0.5) is 0 Å². The Morgan fingerprint density at radius 1 is 0.886 bits per heavy atom. The van der Waals surface area contributed by atoms with Gasteiger partial charge in [-0.2, -0.15) is 0 Å². The van der Waals surface area contributed by atoms with Gasteiger partial charge in [-0.25, -0.2) is 0 Å². The number of carbonyl (C=O) groups excluding carboxylic acids is 1. The van der Waals surface area contributed by atoms with Crippen molar-refractivity contribution in [2.24, 2.45) is 0 Å². The fourth-order valence-corrected chi connectivity index (χ4v) is 4.29. The van der Waals surface area contributed by atoms with Crippen LogP contribution in [0, 0.1) is 0 Å². The van der Waals surface area contributed by atoms with Gasteiger partial charge < -0.3 is 14.8 Å². The van der Waals surface area contributed by atoms with Gasteiger partial charge in [0, 0.05) is 6.08 Å². The van der Waals surface area contributed by atoms with Crippen LogP contribution in [0.25, 0.3) is 6.08 Å². The van der Waals surface area contributed by atoms with E-state index in [0.717, 1.165) is 26.7 Å². The fraction of sp³-hybridized carbons (Fsp3) is 0.100.